The highest BCUT2D eigenvalue weighted by Gasteiger charge is 2.40. The largest absolute Gasteiger partial charge is 0.488 e. The summed E-state index contributed by atoms with van der Waals surface area (Å²) in [4.78, 5) is 35.7. The van der Waals surface area contributed by atoms with E-state index in [-0.39, 0.29) is 6.10 Å². The minimum Gasteiger partial charge on any atom is -0.390 e. The van der Waals surface area contributed by atoms with Crippen LogP contribution in [0, 0.1) is 0 Å². The first-order valence-corrected chi connectivity index (χ1v) is 11.0. The number of phosphoric acid groups is 2. The van der Waals surface area contributed by atoms with Crippen molar-refractivity contribution < 1.29 is 51.7 Å². The van der Waals surface area contributed by atoms with Crippen molar-refractivity contribution in [1.29, 1.82) is 0 Å². The molecular weight excluding hydrogens is 373 g/mol. The topological polar surface area (TPSA) is 172 Å². The van der Waals surface area contributed by atoms with Crippen molar-refractivity contribution in [2.75, 3.05) is 6.61 Å². The van der Waals surface area contributed by atoms with Gasteiger partial charge in [0.2, 0.25) is 0 Å². The Morgan fingerprint density at radius 2 is 1.76 bits per heavy atom. The highest BCUT2D eigenvalue weighted by Crippen LogP contribution is 2.66. The smallest absolute Gasteiger partial charge is 0.390 e. The van der Waals surface area contributed by atoms with Gasteiger partial charge in [0, 0.05) is 6.42 Å². The van der Waals surface area contributed by atoms with Crippen LogP contribution in [0.4, 0.5) is 0 Å². The molecule has 3 unspecified atom stereocenters. The van der Waals surface area contributed by atoms with Crippen molar-refractivity contribution >= 4 is 34.2 Å². The zero-order chi connectivity index (χ0) is 16.5. The zero-order valence-corrected chi connectivity index (χ0v) is 14.1. The first-order chi connectivity index (χ1) is 9.30. The third kappa shape index (κ3) is 7.71. The van der Waals surface area contributed by atoms with E-state index in [1.807, 2.05) is 0 Å². The van der Waals surface area contributed by atoms with Gasteiger partial charge < -0.3 is 29.4 Å². The van der Waals surface area contributed by atoms with Crippen LogP contribution in [0.15, 0.2) is 0 Å². The molecule has 0 amide bonds. The van der Waals surface area contributed by atoms with E-state index in [9.17, 15) is 19.1 Å². The molecule has 0 saturated carbocycles. The average Bonchev–Trinajstić information content (AvgIpc) is 2.48. The molecule has 126 valence electrons. The van der Waals surface area contributed by atoms with Crippen molar-refractivity contribution in [2.24, 2.45) is 0 Å². The summed E-state index contributed by atoms with van der Waals surface area (Å²) in [6, 6.07) is 0. The molecule has 1 aliphatic rings. The summed E-state index contributed by atoms with van der Waals surface area (Å²) in [5, 5.41) is 9.52. The fraction of sp³-hybridized carbons (Fsp3) is 1.00. The van der Waals surface area contributed by atoms with E-state index in [1.54, 1.807) is 6.92 Å². The van der Waals surface area contributed by atoms with Gasteiger partial charge in [-0.25, -0.2) is 13.4 Å². The van der Waals surface area contributed by atoms with Crippen molar-refractivity contribution in [3.05, 3.63) is 0 Å². The molecule has 1 aliphatic heterocycles. The quantitative estimate of drug-likeness (QED) is 0.370. The van der Waals surface area contributed by atoms with Crippen molar-refractivity contribution in [2.45, 2.75) is 31.7 Å². The summed E-state index contributed by atoms with van der Waals surface area (Å²) >= 11 is 3.93. The Morgan fingerprint density at radius 1 is 1.19 bits per heavy atom. The molecular formula is C6H15O11P3S. The first kappa shape index (κ1) is 19.8. The summed E-state index contributed by atoms with van der Waals surface area (Å²) in [6.45, 7) is -3.51. The van der Waals surface area contributed by atoms with Crippen LogP contribution in [0.2, 0.25) is 0 Å². The second kappa shape index (κ2) is 7.11. The molecule has 0 radical (unpaired) electrons. The molecule has 21 heavy (non-hydrogen) atoms. The summed E-state index contributed by atoms with van der Waals surface area (Å²) in [5.74, 6) is 0. The van der Waals surface area contributed by atoms with E-state index in [4.69, 9.17) is 19.4 Å². The number of aliphatic hydroxyl groups excluding tert-OH is 1. The molecule has 0 spiro atoms. The standard InChI is InChI=1S/C6H15O11P3S/c1-4-2-5(7)6(15-4)3-14-18(8,9)16-19(10,11)17-20(12,13)21/h4-7H,2-3H2,1H3,(H,8,9)(H,10,11)(H2,12,13,21)/t4-,5?,6+/m0/s1. The molecule has 11 nitrogen and oxygen atoms in total. The minimum absolute atomic E-state index is 0.283. The van der Waals surface area contributed by atoms with Gasteiger partial charge in [0.1, 0.15) is 6.10 Å². The van der Waals surface area contributed by atoms with Gasteiger partial charge in [-0.3, -0.25) is 4.52 Å². The molecule has 1 heterocycles. The predicted octanol–water partition coefficient (Wildman–Crippen LogP) is -0.0156. The Bertz CT molecular complexity index is 504. The first-order valence-electron chi connectivity index (χ1n) is 5.41. The SMILES string of the molecule is C[C@H]1CC(O)[C@@H](COP(=O)(O)OP(=O)(O)OP(O)(O)=S)O1. The van der Waals surface area contributed by atoms with E-state index in [0.29, 0.717) is 6.42 Å². The molecule has 5 atom stereocenters. The normalized spacial score (nSPS) is 32.6. The Kier molecular flexibility index (Phi) is 6.70. The van der Waals surface area contributed by atoms with Crippen LogP contribution >= 0.6 is 22.4 Å². The highest BCUT2D eigenvalue weighted by atomic mass is 32.5. The number of ether oxygens (including phenoxy) is 1. The fourth-order valence-corrected chi connectivity index (χ4v) is 5.35. The van der Waals surface area contributed by atoms with Crippen molar-refractivity contribution in [3.63, 3.8) is 0 Å². The molecule has 0 bridgehead atoms. The lowest BCUT2D eigenvalue weighted by Gasteiger charge is -2.19. The lowest BCUT2D eigenvalue weighted by Crippen LogP contribution is -2.26. The molecule has 0 aromatic heterocycles. The minimum atomic E-state index is -5.32. The summed E-state index contributed by atoms with van der Waals surface area (Å²) in [5.41, 5.74) is 0. The highest BCUT2D eigenvalue weighted by molar-refractivity contribution is 8.08. The monoisotopic (exact) mass is 388 g/mol. The Hall–Kier alpha value is 0.750. The van der Waals surface area contributed by atoms with Crippen LogP contribution in [-0.4, -0.2) is 49.6 Å². The van der Waals surface area contributed by atoms with Crippen LogP contribution < -0.4 is 0 Å². The number of phosphoric ester groups is 1. The van der Waals surface area contributed by atoms with E-state index >= 15 is 0 Å². The van der Waals surface area contributed by atoms with Gasteiger partial charge in [-0.15, -0.1) is 0 Å². The van der Waals surface area contributed by atoms with Crippen LogP contribution in [0.1, 0.15) is 13.3 Å². The van der Waals surface area contributed by atoms with Gasteiger partial charge >= 0.3 is 22.4 Å². The third-order valence-corrected chi connectivity index (χ3v) is 6.63. The third-order valence-electron chi connectivity index (χ3n) is 2.23. The van der Waals surface area contributed by atoms with Gasteiger partial charge in [0.15, 0.2) is 0 Å². The fourth-order valence-electron chi connectivity index (χ4n) is 1.56. The van der Waals surface area contributed by atoms with Gasteiger partial charge in [-0.05, 0) is 18.7 Å². The molecule has 0 aliphatic carbocycles. The lowest BCUT2D eigenvalue weighted by molar-refractivity contribution is -0.0167. The maximum absolute atomic E-state index is 11.4. The van der Waals surface area contributed by atoms with E-state index < -0.39 is 41.2 Å². The van der Waals surface area contributed by atoms with Crippen molar-refractivity contribution in [3.8, 4) is 0 Å². The molecule has 1 fully saturated rings. The summed E-state index contributed by atoms with van der Waals surface area (Å²) < 4.78 is 39.7. The lowest BCUT2D eigenvalue weighted by atomic mass is 10.1. The van der Waals surface area contributed by atoms with Crippen LogP contribution in [0.5, 0.6) is 0 Å². The maximum atomic E-state index is 11.4. The number of aliphatic hydroxyl groups is 1. The number of rotatable bonds is 7. The van der Waals surface area contributed by atoms with Gasteiger partial charge in [0.05, 0.1) is 18.8 Å². The predicted molar refractivity (Wildman–Crippen MR) is 71.5 cm³/mol. The van der Waals surface area contributed by atoms with E-state index in [2.05, 4.69) is 25.0 Å². The molecule has 0 aromatic carbocycles. The zero-order valence-electron chi connectivity index (χ0n) is 10.6. The molecule has 1 saturated heterocycles. The van der Waals surface area contributed by atoms with Crippen LogP contribution in [0.25, 0.3) is 0 Å². The second-order valence-corrected chi connectivity index (χ2v) is 10.0. The van der Waals surface area contributed by atoms with Crippen molar-refractivity contribution in [1.82, 2.24) is 0 Å². The Labute approximate surface area is 124 Å². The molecule has 1 rings (SSSR count). The van der Waals surface area contributed by atoms with Crippen LogP contribution in [-0.2, 0) is 38.8 Å². The molecule has 5 N–H and O–H groups in total. The van der Waals surface area contributed by atoms with Gasteiger partial charge in [-0.1, -0.05) is 0 Å². The van der Waals surface area contributed by atoms with Gasteiger partial charge in [0.25, 0.3) is 0 Å². The number of hydrogen-bond donors (Lipinski definition) is 5. The van der Waals surface area contributed by atoms with Gasteiger partial charge in [-0.2, -0.15) is 4.31 Å². The summed E-state index contributed by atoms with van der Waals surface area (Å²) in [7, 11) is -10.4. The molecule has 0 aromatic rings. The average molecular weight is 388 g/mol. The van der Waals surface area contributed by atoms with Crippen LogP contribution in [0.3, 0.4) is 0 Å². The maximum Gasteiger partial charge on any atom is 0.488 e. The number of hydrogen-bond acceptors (Lipinski definition) is 8. The van der Waals surface area contributed by atoms with E-state index in [1.165, 1.54) is 0 Å². The summed E-state index contributed by atoms with van der Waals surface area (Å²) in [6.07, 6.45) is -1.83. The molecule has 15 heteroatoms. The Balaban J connectivity index is 2.56. The second-order valence-electron chi connectivity index (χ2n) is 4.17. The Morgan fingerprint density at radius 3 is 2.19 bits per heavy atom. The van der Waals surface area contributed by atoms with E-state index in [0.717, 1.165) is 0 Å².